The van der Waals surface area contributed by atoms with Gasteiger partial charge in [-0.25, -0.2) is 0 Å². The molecular weight excluding hydrogens is 913 g/mol. The van der Waals surface area contributed by atoms with Crippen LogP contribution in [-0.2, 0) is 28.6 Å². The summed E-state index contributed by atoms with van der Waals surface area (Å²) in [5.74, 6) is -0.993. The highest BCUT2D eigenvalue weighted by atomic mass is 16.6. The molecule has 0 amide bonds. The van der Waals surface area contributed by atoms with Crippen molar-refractivity contribution in [2.45, 2.75) is 290 Å². The summed E-state index contributed by atoms with van der Waals surface area (Å²) in [5, 5.41) is 0. The van der Waals surface area contributed by atoms with Crippen LogP contribution >= 0.6 is 0 Å². The molecule has 0 aliphatic rings. The van der Waals surface area contributed by atoms with E-state index in [-0.39, 0.29) is 31.6 Å². The van der Waals surface area contributed by atoms with Gasteiger partial charge in [0.1, 0.15) is 13.2 Å². The van der Waals surface area contributed by atoms with E-state index in [2.05, 4.69) is 124 Å². The average Bonchev–Trinajstić information content (AvgIpc) is 3.40. The first-order valence-corrected chi connectivity index (χ1v) is 30.9. The maximum absolute atomic E-state index is 12.8. The molecule has 1 atom stereocenters. The number of hydrogen-bond acceptors (Lipinski definition) is 6. The molecule has 6 heteroatoms. The highest BCUT2D eigenvalue weighted by molar-refractivity contribution is 5.71. The number of rotatable bonds is 55. The van der Waals surface area contributed by atoms with Crippen molar-refractivity contribution in [3.63, 3.8) is 0 Å². The van der Waals surface area contributed by atoms with Crippen LogP contribution in [-0.4, -0.2) is 37.2 Å². The zero-order valence-corrected chi connectivity index (χ0v) is 48.3. The molecule has 0 rings (SSSR count). The van der Waals surface area contributed by atoms with Gasteiger partial charge in [0.2, 0.25) is 0 Å². The molecule has 0 saturated carbocycles. The van der Waals surface area contributed by atoms with Crippen LogP contribution in [0.15, 0.2) is 109 Å². The van der Waals surface area contributed by atoms with Gasteiger partial charge in [-0.05, 0) is 96.3 Å². The fourth-order valence-corrected chi connectivity index (χ4v) is 8.42. The Kier molecular flexibility index (Phi) is 58.3. The van der Waals surface area contributed by atoms with Gasteiger partial charge in [0.15, 0.2) is 6.10 Å². The summed E-state index contributed by atoms with van der Waals surface area (Å²) in [7, 11) is 0. The minimum Gasteiger partial charge on any atom is -0.462 e. The third-order valence-corrected chi connectivity index (χ3v) is 13.0. The van der Waals surface area contributed by atoms with Crippen molar-refractivity contribution in [3.8, 4) is 0 Å². The number of ether oxygens (including phenoxy) is 3. The molecule has 0 aromatic rings. The maximum atomic E-state index is 12.8. The summed E-state index contributed by atoms with van der Waals surface area (Å²) in [6.45, 7) is 6.46. The van der Waals surface area contributed by atoms with E-state index < -0.39 is 12.1 Å². The monoisotopic (exact) mass is 1030 g/mol. The summed E-state index contributed by atoms with van der Waals surface area (Å²) in [6, 6.07) is 0. The first kappa shape index (κ1) is 70.1. The number of hydrogen-bond donors (Lipinski definition) is 0. The van der Waals surface area contributed by atoms with Crippen molar-refractivity contribution in [3.05, 3.63) is 109 Å². The number of carbonyl (C=O) groups is 3. The molecule has 0 aromatic carbocycles. The van der Waals surface area contributed by atoms with Gasteiger partial charge < -0.3 is 14.2 Å². The highest BCUT2D eigenvalue weighted by Gasteiger charge is 2.19. The van der Waals surface area contributed by atoms with Gasteiger partial charge in [-0.15, -0.1) is 0 Å². The van der Waals surface area contributed by atoms with Crippen LogP contribution < -0.4 is 0 Å². The summed E-state index contributed by atoms with van der Waals surface area (Å²) in [4.78, 5) is 38.2. The van der Waals surface area contributed by atoms with Crippen molar-refractivity contribution in [2.24, 2.45) is 0 Å². The molecule has 74 heavy (non-hydrogen) atoms. The lowest BCUT2D eigenvalue weighted by molar-refractivity contribution is -0.166. The van der Waals surface area contributed by atoms with Crippen molar-refractivity contribution in [2.75, 3.05) is 13.2 Å². The van der Waals surface area contributed by atoms with Crippen LogP contribution in [0.4, 0.5) is 0 Å². The average molecular weight is 1030 g/mol. The molecule has 0 fully saturated rings. The summed E-state index contributed by atoms with van der Waals surface area (Å²) in [6.07, 6.45) is 83.9. The number of esters is 3. The zero-order chi connectivity index (χ0) is 53.6. The SMILES string of the molecule is CC/C=C\C/C=C\C/C=C\C/C=C\C/C=C\C/C=C\CCC(=O)OC(COC(=O)CCCCCCCCCCCC/C=C\C/C=C\C/C=C\CCCCCCC)COC(=O)CCCCCCCCCCCCCC. The van der Waals surface area contributed by atoms with Crippen LogP contribution in [0, 0.1) is 0 Å². The Morgan fingerprint density at radius 2 is 0.554 bits per heavy atom. The second kappa shape index (κ2) is 61.6. The molecule has 0 aliphatic heterocycles. The van der Waals surface area contributed by atoms with Crippen molar-refractivity contribution in [1.82, 2.24) is 0 Å². The molecule has 6 nitrogen and oxygen atoms in total. The van der Waals surface area contributed by atoms with Gasteiger partial charge in [0.05, 0.1) is 0 Å². The van der Waals surface area contributed by atoms with E-state index >= 15 is 0 Å². The van der Waals surface area contributed by atoms with Gasteiger partial charge in [-0.3, -0.25) is 14.4 Å². The maximum Gasteiger partial charge on any atom is 0.306 e. The largest absolute Gasteiger partial charge is 0.462 e. The number of allylic oxidation sites excluding steroid dienone is 18. The number of carbonyl (C=O) groups excluding carboxylic acids is 3. The Morgan fingerprint density at radius 1 is 0.284 bits per heavy atom. The first-order chi connectivity index (χ1) is 36.5. The lowest BCUT2D eigenvalue weighted by Gasteiger charge is -2.18. The minimum atomic E-state index is -0.821. The van der Waals surface area contributed by atoms with E-state index in [0.717, 1.165) is 89.9 Å². The van der Waals surface area contributed by atoms with Gasteiger partial charge in [-0.2, -0.15) is 0 Å². The smallest absolute Gasteiger partial charge is 0.306 e. The van der Waals surface area contributed by atoms with Crippen LogP contribution in [0.2, 0.25) is 0 Å². The predicted octanol–water partition coefficient (Wildman–Crippen LogP) is 21.0. The molecule has 0 bridgehead atoms. The van der Waals surface area contributed by atoms with Crippen molar-refractivity contribution in [1.29, 1.82) is 0 Å². The topological polar surface area (TPSA) is 78.9 Å². The molecule has 422 valence electrons. The first-order valence-electron chi connectivity index (χ1n) is 30.9. The van der Waals surface area contributed by atoms with Crippen molar-refractivity contribution >= 4 is 17.9 Å². The quantitative estimate of drug-likeness (QED) is 0.0261. The molecule has 0 N–H and O–H groups in total. The predicted molar refractivity (Wildman–Crippen MR) is 320 cm³/mol. The van der Waals surface area contributed by atoms with Crippen molar-refractivity contribution < 1.29 is 28.6 Å². The Morgan fingerprint density at radius 3 is 0.878 bits per heavy atom. The fourth-order valence-electron chi connectivity index (χ4n) is 8.42. The third-order valence-electron chi connectivity index (χ3n) is 13.0. The van der Waals surface area contributed by atoms with Gasteiger partial charge >= 0.3 is 17.9 Å². The Balaban J connectivity index is 4.41. The molecule has 1 unspecified atom stereocenters. The molecule has 0 aromatic heterocycles. The lowest BCUT2D eigenvalue weighted by Crippen LogP contribution is -2.30. The highest BCUT2D eigenvalue weighted by Crippen LogP contribution is 2.15. The van der Waals surface area contributed by atoms with E-state index in [1.54, 1.807) is 0 Å². The normalized spacial score (nSPS) is 12.9. The van der Waals surface area contributed by atoms with Crippen LogP contribution in [0.3, 0.4) is 0 Å². The second-order valence-corrected chi connectivity index (χ2v) is 20.2. The molecule has 0 saturated heterocycles. The van der Waals surface area contributed by atoms with E-state index in [0.29, 0.717) is 19.3 Å². The standard InChI is InChI=1S/C68H114O6/c1-4-7-10-13-16-19-22-25-27-29-31-32-33-34-35-36-38-39-41-43-46-49-52-55-58-61-67(70)73-64-65(63-72-66(69)60-57-54-51-48-45-24-21-18-15-12-9-6-3)74-68(71)62-59-56-53-50-47-44-42-40-37-30-28-26-23-20-17-14-11-8-5-2/h8,11,17,20,22,25-26,28-29,31,33-34,37,40,44,47,53,56,65H,4-7,9-10,12-16,18-19,21,23-24,27,30,32,35-36,38-39,41-43,45-46,48-52,54-55,57-64H2,1-3H3/b11-8-,20-17-,25-22-,28-26-,31-29-,34-33-,40-37-,47-44-,56-53-. The molecule has 0 radical (unpaired) electrons. The van der Waals surface area contributed by atoms with Crippen LogP contribution in [0.5, 0.6) is 0 Å². The molecular formula is C68H114O6. The molecule has 0 aliphatic carbocycles. The molecule has 0 spiro atoms. The van der Waals surface area contributed by atoms with Crippen LogP contribution in [0.1, 0.15) is 284 Å². The van der Waals surface area contributed by atoms with E-state index in [1.165, 1.54) is 148 Å². The van der Waals surface area contributed by atoms with E-state index in [4.69, 9.17) is 14.2 Å². The van der Waals surface area contributed by atoms with Gasteiger partial charge in [-0.1, -0.05) is 278 Å². The summed E-state index contributed by atoms with van der Waals surface area (Å²) in [5.41, 5.74) is 0. The Hall–Kier alpha value is -3.93. The third kappa shape index (κ3) is 59.0. The fraction of sp³-hybridized carbons (Fsp3) is 0.691. The number of unbranched alkanes of at least 4 members (excludes halogenated alkanes) is 26. The lowest BCUT2D eigenvalue weighted by atomic mass is 10.0. The minimum absolute atomic E-state index is 0.108. The Labute approximate surface area is 457 Å². The van der Waals surface area contributed by atoms with E-state index in [1.807, 2.05) is 6.08 Å². The van der Waals surface area contributed by atoms with E-state index in [9.17, 15) is 14.4 Å². The summed E-state index contributed by atoms with van der Waals surface area (Å²) < 4.78 is 16.8. The summed E-state index contributed by atoms with van der Waals surface area (Å²) >= 11 is 0. The van der Waals surface area contributed by atoms with Gasteiger partial charge in [0.25, 0.3) is 0 Å². The Bertz CT molecular complexity index is 1510. The van der Waals surface area contributed by atoms with Gasteiger partial charge in [0, 0.05) is 19.3 Å². The van der Waals surface area contributed by atoms with Crippen LogP contribution in [0.25, 0.3) is 0 Å². The zero-order valence-electron chi connectivity index (χ0n) is 48.3. The molecule has 0 heterocycles. The second-order valence-electron chi connectivity index (χ2n) is 20.2.